The summed E-state index contributed by atoms with van der Waals surface area (Å²) in [6.45, 7) is 1.73. The summed E-state index contributed by atoms with van der Waals surface area (Å²) in [6, 6.07) is 14.4. The number of ether oxygens (including phenoxy) is 1. The van der Waals surface area contributed by atoms with Crippen LogP contribution in [0, 0.1) is 0 Å². The molecule has 27 heavy (non-hydrogen) atoms. The molecule has 0 N–H and O–H groups in total. The topological polar surface area (TPSA) is 64.4 Å². The molecule has 1 saturated heterocycles. The molecule has 0 unspecified atom stereocenters. The fourth-order valence-electron chi connectivity index (χ4n) is 3.53. The Morgan fingerprint density at radius 3 is 2.48 bits per heavy atom. The minimum atomic E-state index is -0.439. The summed E-state index contributed by atoms with van der Waals surface area (Å²) in [5, 5.41) is 0.479. The van der Waals surface area contributed by atoms with Gasteiger partial charge in [0.25, 0.3) is 5.56 Å². The monoisotopic (exact) mass is 363 g/mol. The fraction of sp³-hybridized carbons (Fsp3) is 0.286. The zero-order chi connectivity index (χ0) is 18.8. The molecular formula is C21H21N3O3. The number of carbonyl (C=O) groups excluding carboxylic acids is 1. The Kier molecular flexibility index (Phi) is 4.62. The largest absolute Gasteiger partial charge is 0.465 e. The predicted octanol–water partition coefficient (Wildman–Crippen LogP) is 3.16. The molecule has 0 bridgehead atoms. The number of aromatic nitrogens is 2. The van der Waals surface area contributed by atoms with E-state index in [-0.39, 0.29) is 5.56 Å². The fourth-order valence-corrected chi connectivity index (χ4v) is 3.53. The number of rotatable bonds is 3. The Morgan fingerprint density at radius 1 is 1.04 bits per heavy atom. The second-order valence-electron chi connectivity index (χ2n) is 6.66. The van der Waals surface area contributed by atoms with Crippen LogP contribution in [0.2, 0.25) is 0 Å². The SMILES string of the molecule is COC(=O)c1ccc2c(=O)n(-c3ccccc3)c(N3CCCCC3)nc2c1. The summed E-state index contributed by atoms with van der Waals surface area (Å²) in [4.78, 5) is 32.1. The van der Waals surface area contributed by atoms with Crippen LogP contribution in [0.3, 0.4) is 0 Å². The molecule has 4 rings (SSSR count). The number of benzene rings is 2. The Hall–Kier alpha value is -3.15. The molecule has 0 saturated carbocycles. The Labute approximate surface area is 157 Å². The van der Waals surface area contributed by atoms with Crippen molar-refractivity contribution < 1.29 is 9.53 Å². The zero-order valence-electron chi connectivity index (χ0n) is 15.2. The lowest BCUT2D eigenvalue weighted by atomic mass is 10.1. The van der Waals surface area contributed by atoms with E-state index >= 15 is 0 Å². The highest BCUT2D eigenvalue weighted by Crippen LogP contribution is 2.23. The number of esters is 1. The molecule has 0 radical (unpaired) electrons. The van der Waals surface area contributed by atoms with Gasteiger partial charge in [-0.15, -0.1) is 0 Å². The van der Waals surface area contributed by atoms with Crippen LogP contribution in [-0.4, -0.2) is 35.7 Å². The summed E-state index contributed by atoms with van der Waals surface area (Å²) in [5.74, 6) is 0.186. The van der Waals surface area contributed by atoms with Crippen molar-refractivity contribution in [3.8, 4) is 5.69 Å². The average molecular weight is 363 g/mol. The van der Waals surface area contributed by atoms with Gasteiger partial charge in [0, 0.05) is 13.1 Å². The number of piperidine rings is 1. The first-order chi connectivity index (χ1) is 13.2. The van der Waals surface area contributed by atoms with E-state index in [9.17, 15) is 9.59 Å². The smallest absolute Gasteiger partial charge is 0.337 e. The molecule has 3 aromatic rings. The van der Waals surface area contributed by atoms with Crippen molar-refractivity contribution in [2.24, 2.45) is 0 Å². The highest BCUT2D eigenvalue weighted by Gasteiger charge is 2.20. The van der Waals surface area contributed by atoms with Crippen molar-refractivity contribution >= 4 is 22.8 Å². The Morgan fingerprint density at radius 2 is 1.78 bits per heavy atom. The molecule has 0 atom stereocenters. The molecule has 138 valence electrons. The summed E-state index contributed by atoms with van der Waals surface area (Å²) in [7, 11) is 1.34. The minimum Gasteiger partial charge on any atom is -0.465 e. The van der Waals surface area contributed by atoms with E-state index in [1.807, 2.05) is 30.3 Å². The molecule has 1 aromatic heterocycles. The lowest BCUT2D eigenvalue weighted by Crippen LogP contribution is -2.36. The lowest BCUT2D eigenvalue weighted by Gasteiger charge is -2.30. The number of anilines is 1. The number of para-hydroxylation sites is 1. The molecule has 6 nitrogen and oxygen atoms in total. The van der Waals surface area contributed by atoms with E-state index < -0.39 is 5.97 Å². The maximum atomic E-state index is 13.3. The van der Waals surface area contributed by atoms with Crippen LogP contribution in [0.15, 0.2) is 53.3 Å². The number of methoxy groups -OCH3 is 1. The molecule has 1 aliphatic heterocycles. The van der Waals surface area contributed by atoms with E-state index in [1.54, 1.807) is 22.8 Å². The second kappa shape index (κ2) is 7.23. The molecule has 2 heterocycles. The Bertz CT molecular complexity index is 1040. The normalized spacial score (nSPS) is 14.3. The lowest BCUT2D eigenvalue weighted by molar-refractivity contribution is 0.0601. The standard InChI is InChI=1S/C21H21N3O3/c1-27-20(26)15-10-11-17-18(14-15)22-21(23-12-6-3-7-13-23)24(19(17)25)16-8-4-2-5-9-16/h2,4-5,8-11,14H,3,6-7,12-13H2,1H3. The van der Waals surface area contributed by atoms with Crippen LogP contribution in [0.5, 0.6) is 0 Å². The van der Waals surface area contributed by atoms with Gasteiger partial charge in [-0.1, -0.05) is 18.2 Å². The van der Waals surface area contributed by atoms with Gasteiger partial charge in [-0.25, -0.2) is 14.3 Å². The third-order valence-corrected chi connectivity index (χ3v) is 4.93. The summed E-state index contributed by atoms with van der Waals surface area (Å²) >= 11 is 0. The van der Waals surface area contributed by atoms with Gasteiger partial charge in [-0.2, -0.15) is 0 Å². The Balaban J connectivity index is 1.97. The first-order valence-electron chi connectivity index (χ1n) is 9.14. The highest BCUT2D eigenvalue weighted by atomic mass is 16.5. The maximum absolute atomic E-state index is 13.3. The number of hydrogen-bond acceptors (Lipinski definition) is 5. The quantitative estimate of drug-likeness (QED) is 0.669. The van der Waals surface area contributed by atoms with Gasteiger partial charge in [-0.05, 0) is 49.6 Å². The molecule has 6 heteroatoms. The van der Waals surface area contributed by atoms with E-state index in [0.717, 1.165) is 31.6 Å². The molecular weight excluding hydrogens is 342 g/mol. The molecule has 0 amide bonds. The van der Waals surface area contributed by atoms with Crippen LogP contribution >= 0.6 is 0 Å². The minimum absolute atomic E-state index is 0.136. The summed E-state index contributed by atoms with van der Waals surface area (Å²) < 4.78 is 6.47. The number of hydrogen-bond donors (Lipinski definition) is 0. The predicted molar refractivity (Wildman–Crippen MR) is 105 cm³/mol. The van der Waals surface area contributed by atoms with Crippen LogP contribution in [0.1, 0.15) is 29.6 Å². The van der Waals surface area contributed by atoms with E-state index in [2.05, 4.69) is 4.90 Å². The third-order valence-electron chi connectivity index (χ3n) is 4.93. The summed E-state index contributed by atoms with van der Waals surface area (Å²) in [5.41, 5.74) is 1.55. The van der Waals surface area contributed by atoms with Crippen molar-refractivity contribution in [3.63, 3.8) is 0 Å². The first-order valence-corrected chi connectivity index (χ1v) is 9.14. The van der Waals surface area contributed by atoms with Crippen molar-refractivity contribution in [2.75, 3.05) is 25.1 Å². The van der Waals surface area contributed by atoms with E-state index in [1.165, 1.54) is 13.5 Å². The number of nitrogens with zero attached hydrogens (tertiary/aromatic N) is 3. The first kappa shape index (κ1) is 17.3. The van der Waals surface area contributed by atoms with Crippen molar-refractivity contribution in [1.82, 2.24) is 9.55 Å². The van der Waals surface area contributed by atoms with Gasteiger partial charge in [0.1, 0.15) is 0 Å². The van der Waals surface area contributed by atoms with Crippen LogP contribution < -0.4 is 10.5 Å². The van der Waals surface area contributed by atoms with Gasteiger partial charge in [0.15, 0.2) is 0 Å². The molecule has 0 spiro atoms. The van der Waals surface area contributed by atoms with Gasteiger partial charge < -0.3 is 9.64 Å². The van der Waals surface area contributed by atoms with Gasteiger partial charge >= 0.3 is 5.97 Å². The van der Waals surface area contributed by atoms with Gasteiger partial charge in [0.05, 0.1) is 29.3 Å². The molecule has 2 aromatic carbocycles. The van der Waals surface area contributed by atoms with Gasteiger partial charge in [-0.3, -0.25) is 4.79 Å². The maximum Gasteiger partial charge on any atom is 0.337 e. The van der Waals surface area contributed by atoms with Gasteiger partial charge in [0.2, 0.25) is 5.95 Å². The van der Waals surface area contributed by atoms with E-state index in [4.69, 9.17) is 9.72 Å². The van der Waals surface area contributed by atoms with Crippen molar-refractivity contribution in [3.05, 3.63) is 64.4 Å². The van der Waals surface area contributed by atoms with Crippen molar-refractivity contribution in [1.29, 1.82) is 0 Å². The molecule has 1 aliphatic rings. The number of fused-ring (bicyclic) bond motifs is 1. The van der Waals surface area contributed by atoms with Crippen LogP contribution in [0.4, 0.5) is 5.95 Å². The molecule has 1 fully saturated rings. The molecule has 0 aliphatic carbocycles. The van der Waals surface area contributed by atoms with Crippen molar-refractivity contribution in [2.45, 2.75) is 19.3 Å². The summed E-state index contributed by atoms with van der Waals surface area (Å²) in [6.07, 6.45) is 3.34. The van der Waals surface area contributed by atoms with E-state index in [0.29, 0.717) is 22.4 Å². The zero-order valence-corrected chi connectivity index (χ0v) is 15.2. The van der Waals surface area contributed by atoms with Crippen LogP contribution in [-0.2, 0) is 4.74 Å². The number of carbonyl (C=O) groups is 1. The van der Waals surface area contributed by atoms with Crippen LogP contribution in [0.25, 0.3) is 16.6 Å². The second-order valence-corrected chi connectivity index (χ2v) is 6.66. The highest BCUT2D eigenvalue weighted by molar-refractivity contribution is 5.94. The third kappa shape index (κ3) is 3.18. The average Bonchev–Trinajstić information content (AvgIpc) is 2.74.